The second kappa shape index (κ2) is 11.7. The number of carbonyl (C=O) groups is 1. The van der Waals surface area contributed by atoms with Crippen molar-refractivity contribution in [2.75, 3.05) is 5.32 Å². The Balaban J connectivity index is 1.58. The first-order valence-corrected chi connectivity index (χ1v) is 12.5. The number of amides is 1. The van der Waals surface area contributed by atoms with Gasteiger partial charge in [-0.25, -0.2) is 9.59 Å². The third-order valence-corrected chi connectivity index (χ3v) is 6.57. The summed E-state index contributed by atoms with van der Waals surface area (Å²) in [5.41, 5.74) is 2.92. The van der Waals surface area contributed by atoms with Crippen molar-refractivity contribution in [3.8, 4) is 5.75 Å². The minimum Gasteiger partial charge on any atom is -0.507 e. The summed E-state index contributed by atoms with van der Waals surface area (Å²) in [5.74, 6) is 0.370. The van der Waals surface area contributed by atoms with Gasteiger partial charge in [0.15, 0.2) is 0 Å². The van der Waals surface area contributed by atoms with Gasteiger partial charge in [-0.1, -0.05) is 68.7 Å². The van der Waals surface area contributed by atoms with Gasteiger partial charge < -0.3 is 14.3 Å². The fourth-order valence-electron chi connectivity index (χ4n) is 4.80. The average molecular weight is 476 g/mol. The van der Waals surface area contributed by atoms with Crippen molar-refractivity contribution in [2.24, 2.45) is 0 Å². The van der Waals surface area contributed by atoms with Crippen LogP contribution in [0.5, 0.6) is 5.75 Å². The van der Waals surface area contributed by atoms with Gasteiger partial charge in [0.1, 0.15) is 18.1 Å². The summed E-state index contributed by atoms with van der Waals surface area (Å²) in [4.78, 5) is 25.4. The lowest BCUT2D eigenvalue weighted by atomic mass is 9.85. The monoisotopic (exact) mass is 475 g/mol. The highest BCUT2D eigenvalue weighted by Crippen LogP contribution is 2.38. The largest absolute Gasteiger partial charge is 0.507 e. The molecule has 0 aliphatic heterocycles. The molecule has 0 saturated carbocycles. The molecular weight excluding hydrogens is 442 g/mol. The molecule has 1 unspecified atom stereocenters. The van der Waals surface area contributed by atoms with Gasteiger partial charge >= 0.3 is 11.7 Å². The van der Waals surface area contributed by atoms with Crippen molar-refractivity contribution < 1.29 is 19.1 Å². The highest BCUT2D eigenvalue weighted by molar-refractivity contribution is 5.84. The third kappa shape index (κ3) is 6.13. The standard InChI is InChI=1S/C29H33NO5/c1-2-11-23(26-27(31)24-16-8-3-4-9-17-25(24)35-28(26)32)21-14-10-15-22(18-21)30-29(33)34-19-20-12-6-5-7-13-20/h5-7,10,12-15,18,23,31H,2-4,8-9,11,16-17,19H2,1H3,(H,30,33). The van der Waals surface area contributed by atoms with Crippen LogP contribution >= 0.6 is 0 Å². The van der Waals surface area contributed by atoms with Gasteiger partial charge in [-0.05, 0) is 48.9 Å². The topological polar surface area (TPSA) is 88.8 Å². The Morgan fingerprint density at radius 1 is 1.06 bits per heavy atom. The molecule has 0 bridgehead atoms. The van der Waals surface area contributed by atoms with Crippen LogP contribution in [0, 0.1) is 0 Å². The van der Waals surface area contributed by atoms with Crippen LogP contribution < -0.4 is 10.9 Å². The molecule has 1 atom stereocenters. The van der Waals surface area contributed by atoms with Crippen LogP contribution in [0.2, 0.25) is 0 Å². The highest BCUT2D eigenvalue weighted by Gasteiger charge is 2.27. The highest BCUT2D eigenvalue weighted by atomic mass is 16.5. The Bertz CT molecular complexity index is 1200. The molecule has 2 aromatic carbocycles. The third-order valence-electron chi connectivity index (χ3n) is 6.57. The molecule has 0 radical (unpaired) electrons. The Hall–Kier alpha value is -3.54. The van der Waals surface area contributed by atoms with Crippen LogP contribution in [-0.4, -0.2) is 11.2 Å². The lowest BCUT2D eigenvalue weighted by Gasteiger charge is -2.21. The molecule has 1 aliphatic rings. The Morgan fingerprint density at radius 2 is 1.83 bits per heavy atom. The normalized spacial score (nSPS) is 14.3. The van der Waals surface area contributed by atoms with Gasteiger partial charge in [0.25, 0.3) is 0 Å². The summed E-state index contributed by atoms with van der Waals surface area (Å²) in [6.45, 7) is 2.22. The van der Waals surface area contributed by atoms with E-state index in [0.29, 0.717) is 36.3 Å². The van der Waals surface area contributed by atoms with E-state index in [1.54, 1.807) is 6.07 Å². The lowest BCUT2D eigenvalue weighted by molar-refractivity contribution is 0.155. The maximum Gasteiger partial charge on any atom is 0.411 e. The molecule has 1 amide bonds. The number of nitrogens with one attached hydrogen (secondary N) is 1. The summed E-state index contributed by atoms with van der Waals surface area (Å²) in [7, 11) is 0. The molecule has 0 fully saturated rings. The van der Waals surface area contributed by atoms with Crippen LogP contribution in [0.4, 0.5) is 10.5 Å². The number of aryl methyl sites for hydroxylation is 1. The van der Waals surface area contributed by atoms with Gasteiger partial charge in [-0.2, -0.15) is 0 Å². The molecule has 0 saturated heterocycles. The zero-order valence-corrected chi connectivity index (χ0v) is 20.2. The van der Waals surface area contributed by atoms with E-state index in [1.165, 1.54) is 0 Å². The summed E-state index contributed by atoms with van der Waals surface area (Å²) in [5, 5.41) is 14.0. The minimum atomic E-state index is -0.554. The number of hydrogen-bond donors (Lipinski definition) is 2. The van der Waals surface area contributed by atoms with E-state index in [9.17, 15) is 14.7 Å². The van der Waals surface area contributed by atoms with Crippen LogP contribution in [-0.2, 0) is 24.2 Å². The maximum atomic E-state index is 13.1. The minimum absolute atomic E-state index is 0.0808. The molecule has 6 nitrogen and oxygen atoms in total. The summed E-state index contributed by atoms with van der Waals surface area (Å²) in [6.07, 6.45) is 6.47. The van der Waals surface area contributed by atoms with Crippen LogP contribution in [0.25, 0.3) is 0 Å². The van der Waals surface area contributed by atoms with Crippen molar-refractivity contribution in [1.29, 1.82) is 0 Å². The van der Waals surface area contributed by atoms with Crippen molar-refractivity contribution in [3.63, 3.8) is 0 Å². The van der Waals surface area contributed by atoms with Gasteiger partial charge in [0, 0.05) is 23.6 Å². The molecule has 1 aliphatic carbocycles. The van der Waals surface area contributed by atoms with Crippen molar-refractivity contribution in [2.45, 2.75) is 70.8 Å². The number of fused-ring (bicyclic) bond motifs is 1. The van der Waals surface area contributed by atoms with Crippen LogP contribution in [0.3, 0.4) is 0 Å². The maximum absolute atomic E-state index is 13.1. The molecular formula is C29H33NO5. The molecule has 6 heteroatoms. The molecule has 1 heterocycles. The number of anilines is 1. The number of rotatable bonds is 7. The second-order valence-corrected chi connectivity index (χ2v) is 9.12. The van der Waals surface area contributed by atoms with E-state index >= 15 is 0 Å². The lowest BCUT2D eigenvalue weighted by Crippen LogP contribution is -2.18. The summed E-state index contributed by atoms with van der Waals surface area (Å²) in [6, 6.07) is 16.8. The molecule has 1 aromatic heterocycles. The number of carbonyl (C=O) groups excluding carboxylic acids is 1. The molecule has 4 rings (SSSR count). The van der Waals surface area contributed by atoms with Gasteiger partial charge in [0.05, 0.1) is 5.56 Å². The quantitative estimate of drug-likeness (QED) is 0.398. The van der Waals surface area contributed by atoms with E-state index in [1.807, 2.05) is 55.5 Å². The first-order valence-electron chi connectivity index (χ1n) is 12.5. The molecule has 184 valence electrons. The number of benzene rings is 2. The van der Waals surface area contributed by atoms with E-state index in [4.69, 9.17) is 9.15 Å². The number of aromatic hydroxyl groups is 1. The zero-order chi connectivity index (χ0) is 24.6. The van der Waals surface area contributed by atoms with E-state index < -0.39 is 11.7 Å². The van der Waals surface area contributed by atoms with Gasteiger partial charge in [0.2, 0.25) is 0 Å². The Labute approximate surface area is 206 Å². The van der Waals surface area contributed by atoms with E-state index in [2.05, 4.69) is 5.32 Å². The van der Waals surface area contributed by atoms with E-state index in [0.717, 1.165) is 48.8 Å². The average Bonchev–Trinajstić information content (AvgIpc) is 2.84. The van der Waals surface area contributed by atoms with Crippen molar-refractivity contribution in [3.05, 3.63) is 93.0 Å². The SMILES string of the molecule is CCCC(c1cccc(NC(=O)OCc2ccccc2)c1)c1c(O)c2c(oc1=O)CCCCCC2. The number of hydrogen-bond acceptors (Lipinski definition) is 5. The predicted octanol–water partition coefficient (Wildman–Crippen LogP) is 6.69. The van der Waals surface area contributed by atoms with Gasteiger partial charge in [-0.15, -0.1) is 0 Å². The molecule has 35 heavy (non-hydrogen) atoms. The van der Waals surface area contributed by atoms with Crippen molar-refractivity contribution >= 4 is 11.8 Å². The Kier molecular flexibility index (Phi) is 8.24. The summed E-state index contributed by atoms with van der Waals surface area (Å²) < 4.78 is 11.1. The fraction of sp³-hybridized carbons (Fsp3) is 0.379. The fourth-order valence-corrected chi connectivity index (χ4v) is 4.80. The van der Waals surface area contributed by atoms with Crippen LogP contribution in [0.1, 0.15) is 79.4 Å². The first-order chi connectivity index (χ1) is 17.1. The molecule has 3 aromatic rings. The number of ether oxygens (including phenoxy) is 1. The zero-order valence-electron chi connectivity index (χ0n) is 20.2. The smallest absolute Gasteiger partial charge is 0.411 e. The van der Waals surface area contributed by atoms with E-state index in [-0.39, 0.29) is 18.3 Å². The summed E-state index contributed by atoms with van der Waals surface area (Å²) >= 11 is 0. The van der Waals surface area contributed by atoms with Gasteiger partial charge in [-0.3, -0.25) is 5.32 Å². The van der Waals surface area contributed by atoms with Crippen molar-refractivity contribution in [1.82, 2.24) is 0 Å². The predicted molar refractivity (Wildman–Crippen MR) is 136 cm³/mol. The first kappa shape index (κ1) is 24.6. The second-order valence-electron chi connectivity index (χ2n) is 9.12. The molecule has 2 N–H and O–H groups in total. The Morgan fingerprint density at radius 3 is 2.60 bits per heavy atom. The van der Waals surface area contributed by atoms with Crippen LogP contribution in [0.15, 0.2) is 63.8 Å². The molecule has 0 spiro atoms.